The van der Waals surface area contributed by atoms with Crippen LogP contribution in [0.15, 0.2) is 90.0 Å². The standard InChI is InChI=1S/C31H29N3O4S/c1-21-11-17-25(18-12-21)39(36,37)32-30(35)29-28(23-13-15-24(38-2)16-14-23)26-10-6-7-19-33-27(20-34(29)31(26)33)22-8-4-3-5-9-22/h3-5,8-9,11-18,20H,6-7,10,19H2,1-2H3,(H,32,35). The van der Waals surface area contributed by atoms with Crippen molar-refractivity contribution in [1.82, 2.24) is 13.7 Å². The lowest BCUT2D eigenvalue weighted by Gasteiger charge is -2.11. The number of ether oxygens (including phenoxy) is 1. The van der Waals surface area contributed by atoms with Crippen molar-refractivity contribution in [3.05, 3.63) is 102 Å². The highest BCUT2D eigenvalue weighted by atomic mass is 32.2. The van der Waals surface area contributed by atoms with Gasteiger partial charge in [0.1, 0.15) is 17.1 Å². The molecule has 1 aliphatic rings. The Morgan fingerprint density at radius 3 is 2.31 bits per heavy atom. The molecule has 0 radical (unpaired) electrons. The summed E-state index contributed by atoms with van der Waals surface area (Å²) in [4.78, 5) is 14.0. The Labute approximate surface area is 227 Å². The number of amides is 1. The topological polar surface area (TPSA) is 81.8 Å². The second-order valence-electron chi connectivity index (χ2n) is 9.86. The van der Waals surface area contributed by atoms with Gasteiger partial charge in [0.25, 0.3) is 15.9 Å². The number of rotatable bonds is 6. The summed E-state index contributed by atoms with van der Waals surface area (Å²) < 4.78 is 38.4. The van der Waals surface area contributed by atoms with E-state index in [1.807, 2.05) is 60.0 Å². The molecule has 1 amide bonds. The predicted octanol–water partition coefficient (Wildman–Crippen LogP) is 5.85. The van der Waals surface area contributed by atoms with Crippen LogP contribution in [0.5, 0.6) is 5.75 Å². The zero-order valence-corrected chi connectivity index (χ0v) is 22.7. The van der Waals surface area contributed by atoms with Gasteiger partial charge in [-0.25, -0.2) is 13.1 Å². The van der Waals surface area contributed by atoms with E-state index in [1.165, 1.54) is 12.1 Å². The van der Waals surface area contributed by atoms with E-state index < -0.39 is 15.9 Å². The predicted molar refractivity (Wildman–Crippen MR) is 152 cm³/mol. The molecule has 0 bridgehead atoms. The minimum Gasteiger partial charge on any atom is -0.497 e. The van der Waals surface area contributed by atoms with Gasteiger partial charge in [-0.2, -0.15) is 0 Å². The van der Waals surface area contributed by atoms with Crippen molar-refractivity contribution < 1.29 is 17.9 Å². The summed E-state index contributed by atoms with van der Waals surface area (Å²) in [5.74, 6) is 0.0391. The van der Waals surface area contributed by atoms with Crippen LogP contribution in [0.1, 0.15) is 34.5 Å². The molecule has 5 aromatic rings. The van der Waals surface area contributed by atoms with E-state index in [4.69, 9.17) is 4.74 Å². The number of carbonyl (C=O) groups excluding carboxylic acids is 1. The summed E-state index contributed by atoms with van der Waals surface area (Å²) >= 11 is 0. The van der Waals surface area contributed by atoms with Crippen LogP contribution in [0.25, 0.3) is 28.0 Å². The van der Waals surface area contributed by atoms with Gasteiger partial charge in [0.15, 0.2) is 0 Å². The fourth-order valence-electron chi connectivity index (χ4n) is 5.46. The van der Waals surface area contributed by atoms with Crippen molar-refractivity contribution >= 4 is 21.6 Å². The number of nitrogens with one attached hydrogen (secondary N) is 1. The van der Waals surface area contributed by atoms with Crippen molar-refractivity contribution in [3.8, 4) is 28.1 Å². The van der Waals surface area contributed by atoms with E-state index >= 15 is 0 Å². The lowest BCUT2D eigenvalue weighted by molar-refractivity contribution is 0.0976. The molecule has 3 heterocycles. The Morgan fingerprint density at radius 1 is 0.897 bits per heavy atom. The smallest absolute Gasteiger partial charge is 0.282 e. The lowest BCUT2D eigenvalue weighted by atomic mass is 9.98. The van der Waals surface area contributed by atoms with Gasteiger partial charge in [-0.3, -0.25) is 9.20 Å². The number of hydrogen-bond donors (Lipinski definition) is 1. The molecule has 2 aromatic heterocycles. The van der Waals surface area contributed by atoms with Crippen LogP contribution >= 0.6 is 0 Å². The molecule has 8 heteroatoms. The summed E-state index contributed by atoms with van der Waals surface area (Å²) in [5.41, 5.74) is 6.82. The second-order valence-corrected chi connectivity index (χ2v) is 11.5. The summed E-state index contributed by atoms with van der Waals surface area (Å²) in [7, 11) is -2.48. The first-order valence-corrected chi connectivity index (χ1v) is 14.5. The molecule has 1 N–H and O–H groups in total. The molecule has 6 rings (SSSR count). The van der Waals surface area contributed by atoms with Gasteiger partial charge in [0.05, 0.1) is 17.7 Å². The number of imidazole rings is 1. The number of benzene rings is 3. The molecule has 0 aliphatic carbocycles. The van der Waals surface area contributed by atoms with Crippen LogP contribution < -0.4 is 9.46 Å². The summed E-state index contributed by atoms with van der Waals surface area (Å²) in [5, 5.41) is 0. The van der Waals surface area contributed by atoms with Gasteiger partial charge in [-0.15, -0.1) is 0 Å². The van der Waals surface area contributed by atoms with E-state index in [0.717, 1.165) is 65.0 Å². The Kier molecular flexibility index (Phi) is 6.27. The second kappa shape index (κ2) is 9.78. The summed E-state index contributed by atoms with van der Waals surface area (Å²) in [6, 6.07) is 24.1. The molecule has 0 atom stereocenters. The first-order valence-electron chi connectivity index (χ1n) is 13.0. The Bertz CT molecular complexity index is 1780. The molecular weight excluding hydrogens is 510 g/mol. The molecule has 3 aromatic carbocycles. The van der Waals surface area contributed by atoms with Crippen molar-refractivity contribution in [1.29, 1.82) is 0 Å². The monoisotopic (exact) mass is 539 g/mol. The molecule has 0 saturated carbocycles. The highest BCUT2D eigenvalue weighted by molar-refractivity contribution is 7.90. The maximum Gasteiger partial charge on any atom is 0.282 e. The van der Waals surface area contributed by atoms with Gasteiger partial charge in [-0.05, 0) is 61.6 Å². The van der Waals surface area contributed by atoms with Gasteiger partial charge in [0, 0.05) is 23.9 Å². The number of hydrogen-bond acceptors (Lipinski definition) is 4. The van der Waals surface area contributed by atoms with Gasteiger partial charge < -0.3 is 9.30 Å². The SMILES string of the molecule is COc1ccc(-c2c3c4n(c(-c5ccccc5)cn4c2C(=O)NS(=O)(=O)c2ccc(C)cc2)CCCC3)cc1. The van der Waals surface area contributed by atoms with Gasteiger partial charge in [-0.1, -0.05) is 60.2 Å². The first kappa shape index (κ1) is 25.0. The lowest BCUT2D eigenvalue weighted by Crippen LogP contribution is -2.31. The van der Waals surface area contributed by atoms with E-state index in [-0.39, 0.29) is 4.90 Å². The Morgan fingerprint density at radius 2 is 1.62 bits per heavy atom. The Balaban J connectivity index is 1.57. The fraction of sp³-hybridized carbons (Fsp3) is 0.194. The molecule has 0 fully saturated rings. The maximum atomic E-state index is 14.0. The van der Waals surface area contributed by atoms with Crippen LogP contribution in [0.3, 0.4) is 0 Å². The van der Waals surface area contributed by atoms with E-state index in [1.54, 1.807) is 19.2 Å². The van der Waals surface area contributed by atoms with Crippen LogP contribution in [0.4, 0.5) is 0 Å². The highest BCUT2D eigenvalue weighted by Crippen LogP contribution is 2.40. The van der Waals surface area contributed by atoms with Crippen molar-refractivity contribution in [2.24, 2.45) is 0 Å². The van der Waals surface area contributed by atoms with Gasteiger partial charge in [0.2, 0.25) is 0 Å². The van der Waals surface area contributed by atoms with E-state index in [0.29, 0.717) is 11.4 Å². The number of nitrogens with zero attached hydrogens (tertiary/aromatic N) is 2. The molecular formula is C31H29N3O4S. The average Bonchev–Trinajstić information content (AvgIpc) is 3.36. The number of sulfonamides is 1. The van der Waals surface area contributed by atoms with Crippen LogP contribution in [-0.2, 0) is 23.0 Å². The number of methoxy groups -OCH3 is 1. The van der Waals surface area contributed by atoms with Crippen molar-refractivity contribution in [2.75, 3.05) is 7.11 Å². The maximum absolute atomic E-state index is 14.0. The van der Waals surface area contributed by atoms with Gasteiger partial charge >= 0.3 is 0 Å². The highest BCUT2D eigenvalue weighted by Gasteiger charge is 2.31. The number of aromatic nitrogens is 2. The quantitative estimate of drug-likeness (QED) is 0.294. The summed E-state index contributed by atoms with van der Waals surface area (Å²) in [6.07, 6.45) is 4.70. The average molecular weight is 540 g/mol. The first-order chi connectivity index (χ1) is 18.9. The van der Waals surface area contributed by atoms with Crippen LogP contribution in [-0.4, -0.2) is 30.4 Å². The molecule has 39 heavy (non-hydrogen) atoms. The molecule has 7 nitrogen and oxygen atoms in total. The third-order valence-electron chi connectivity index (χ3n) is 7.36. The Hall–Kier alpha value is -4.30. The third-order valence-corrected chi connectivity index (χ3v) is 8.70. The van der Waals surface area contributed by atoms with E-state index in [9.17, 15) is 13.2 Å². The molecule has 0 spiro atoms. The van der Waals surface area contributed by atoms with Crippen molar-refractivity contribution in [3.63, 3.8) is 0 Å². The van der Waals surface area contributed by atoms with Crippen molar-refractivity contribution in [2.45, 2.75) is 37.6 Å². The number of carbonyl (C=O) groups is 1. The van der Waals surface area contributed by atoms with Crippen LogP contribution in [0, 0.1) is 6.92 Å². The zero-order valence-electron chi connectivity index (χ0n) is 21.8. The summed E-state index contributed by atoms with van der Waals surface area (Å²) in [6.45, 7) is 2.69. The molecule has 0 unspecified atom stereocenters. The minimum atomic E-state index is -4.09. The molecule has 1 aliphatic heterocycles. The molecule has 198 valence electrons. The normalized spacial score (nSPS) is 13.3. The largest absolute Gasteiger partial charge is 0.497 e. The zero-order chi connectivity index (χ0) is 27.1. The number of aryl methyl sites for hydroxylation is 3. The third kappa shape index (κ3) is 4.40. The minimum absolute atomic E-state index is 0.0455. The molecule has 0 saturated heterocycles. The van der Waals surface area contributed by atoms with E-state index in [2.05, 4.69) is 21.4 Å². The van der Waals surface area contributed by atoms with Crippen LogP contribution in [0.2, 0.25) is 0 Å². The fourth-order valence-corrected chi connectivity index (χ4v) is 6.42.